The third-order valence-electron chi connectivity index (χ3n) is 5.86. The predicted octanol–water partition coefficient (Wildman–Crippen LogP) is 3.18. The van der Waals surface area contributed by atoms with Crippen molar-refractivity contribution in [1.82, 2.24) is 24.8 Å². The van der Waals surface area contributed by atoms with Crippen LogP contribution in [0.4, 0.5) is 11.5 Å². The van der Waals surface area contributed by atoms with E-state index in [0.717, 1.165) is 65.6 Å². The molecule has 1 aromatic carbocycles. The molecule has 176 valence electrons. The molecule has 1 fully saturated rings. The van der Waals surface area contributed by atoms with Gasteiger partial charge in [-0.15, -0.1) is 0 Å². The molecule has 0 atom stereocenters. The molecule has 0 radical (unpaired) electrons. The van der Waals surface area contributed by atoms with Crippen LogP contribution >= 0.6 is 11.8 Å². The van der Waals surface area contributed by atoms with E-state index in [0.29, 0.717) is 30.5 Å². The van der Waals surface area contributed by atoms with Gasteiger partial charge in [0.05, 0.1) is 5.69 Å². The Balaban J connectivity index is 1.51. The van der Waals surface area contributed by atoms with Crippen molar-refractivity contribution in [1.29, 1.82) is 0 Å². The molecule has 2 aliphatic rings. The summed E-state index contributed by atoms with van der Waals surface area (Å²) in [5.41, 5.74) is 8.72. The second-order valence-electron chi connectivity index (χ2n) is 8.83. The summed E-state index contributed by atoms with van der Waals surface area (Å²) in [4.78, 5) is 17.0. The normalized spacial score (nSPS) is 15.7. The number of ether oxygens (including phenoxy) is 2. The predicted molar refractivity (Wildman–Crippen MR) is 130 cm³/mol. The van der Waals surface area contributed by atoms with Gasteiger partial charge in [-0.2, -0.15) is 0 Å². The van der Waals surface area contributed by atoms with Crippen molar-refractivity contribution in [2.24, 2.45) is 5.92 Å². The van der Waals surface area contributed by atoms with Crippen LogP contribution in [0.3, 0.4) is 0 Å². The summed E-state index contributed by atoms with van der Waals surface area (Å²) < 4.78 is 13.9. The van der Waals surface area contributed by atoms with Crippen LogP contribution in [0.5, 0.6) is 11.5 Å². The van der Waals surface area contributed by atoms with Crippen LogP contribution in [-0.4, -0.2) is 58.9 Å². The van der Waals surface area contributed by atoms with Crippen molar-refractivity contribution in [3.8, 4) is 11.5 Å². The molecule has 0 saturated carbocycles. The number of anilines is 2. The number of imidazole rings is 1. The van der Waals surface area contributed by atoms with E-state index in [2.05, 4.69) is 50.7 Å². The van der Waals surface area contributed by atoms with Crippen LogP contribution in [0.1, 0.15) is 26.7 Å². The SMILES string of the molecule is CC(C)CNCCn1c(Sc2cc3c(cc2N2CCCC2)OCCO3)nc2c(N)ncnc21. The number of hydrogen-bond donors (Lipinski definition) is 2. The fraction of sp³-hybridized carbons (Fsp3) is 0.522. The van der Waals surface area contributed by atoms with Crippen molar-refractivity contribution in [2.45, 2.75) is 43.3 Å². The Morgan fingerprint density at radius 1 is 1.12 bits per heavy atom. The molecular weight excluding hydrogens is 438 g/mol. The molecule has 5 rings (SSSR count). The van der Waals surface area contributed by atoms with E-state index in [9.17, 15) is 0 Å². The van der Waals surface area contributed by atoms with Gasteiger partial charge in [-0.3, -0.25) is 0 Å². The van der Waals surface area contributed by atoms with Crippen LogP contribution in [0.25, 0.3) is 11.2 Å². The molecule has 2 aromatic heterocycles. The van der Waals surface area contributed by atoms with Gasteiger partial charge in [-0.25, -0.2) is 15.0 Å². The lowest BCUT2D eigenvalue weighted by atomic mass is 10.2. The molecule has 2 aliphatic heterocycles. The highest BCUT2D eigenvalue weighted by Gasteiger charge is 2.24. The molecule has 0 unspecified atom stereocenters. The number of fused-ring (bicyclic) bond motifs is 2. The van der Waals surface area contributed by atoms with E-state index in [-0.39, 0.29) is 0 Å². The van der Waals surface area contributed by atoms with E-state index < -0.39 is 0 Å². The Hall–Kier alpha value is -2.72. The first-order valence-electron chi connectivity index (χ1n) is 11.6. The third-order valence-corrected chi connectivity index (χ3v) is 6.90. The van der Waals surface area contributed by atoms with E-state index in [1.54, 1.807) is 11.8 Å². The maximum atomic E-state index is 6.15. The number of nitrogen functional groups attached to an aromatic ring is 1. The summed E-state index contributed by atoms with van der Waals surface area (Å²) in [6.07, 6.45) is 3.90. The molecule has 4 heterocycles. The highest BCUT2D eigenvalue weighted by Crippen LogP contribution is 2.44. The van der Waals surface area contributed by atoms with Crippen molar-refractivity contribution < 1.29 is 9.47 Å². The number of nitrogens with zero attached hydrogens (tertiary/aromatic N) is 5. The molecule has 0 spiro atoms. The Bertz CT molecular complexity index is 1130. The summed E-state index contributed by atoms with van der Waals surface area (Å²) >= 11 is 1.62. The molecule has 10 heteroatoms. The fourth-order valence-electron chi connectivity index (χ4n) is 4.24. The number of hydrogen-bond acceptors (Lipinski definition) is 9. The fourth-order valence-corrected chi connectivity index (χ4v) is 5.32. The van der Waals surface area contributed by atoms with Crippen LogP contribution in [0, 0.1) is 5.92 Å². The van der Waals surface area contributed by atoms with Crippen molar-refractivity contribution in [2.75, 3.05) is 50.0 Å². The van der Waals surface area contributed by atoms with Crippen LogP contribution < -0.4 is 25.4 Å². The Kier molecular flexibility index (Phi) is 6.45. The maximum Gasteiger partial charge on any atom is 0.175 e. The zero-order valence-electron chi connectivity index (χ0n) is 19.2. The van der Waals surface area contributed by atoms with Gasteiger partial charge in [-0.1, -0.05) is 13.8 Å². The standard InChI is InChI=1S/C23H31N7O2S/c1-15(2)13-25-5-8-30-22-20(21(24)26-14-27-22)28-23(30)33-19-12-18-17(31-9-10-32-18)11-16(19)29-6-3-4-7-29/h11-12,14-15,25H,3-10,13H2,1-2H3,(H2,24,26,27). The first kappa shape index (κ1) is 22.1. The number of nitrogens with two attached hydrogens (primary N) is 1. The average molecular weight is 470 g/mol. The van der Waals surface area contributed by atoms with Crippen molar-refractivity contribution >= 4 is 34.4 Å². The molecule has 3 aromatic rings. The summed E-state index contributed by atoms with van der Waals surface area (Å²) in [5, 5.41) is 4.36. The van der Waals surface area contributed by atoms with Crippen LogP contribution in [-0.2, 0) is 6.54 Å². The van der Waals surface area contributed by atoms with Gasteiger partial charge >= 0.3 is 0 Å². The number of rotatable bonds is 8. The van der Waals surface area contributed by atoms with Gasteiger partial charge in [0.1, 0.15) is 19.5 Å². The van der Waals surface area contributed by atoms with E-state index in [4.69, 9.17) is 20.2 Å². The molecule has 0 aliphatic carbocycles. The van der Waals surface area contributed by atoms with Gasteiger partial charge in [0.25, 0.3) is 0 Å². The summed E-state index contributed by atoms with van der Waals surface area (Å²) in [6.45, 7) is 10.2. The van der Waals surface area contributed by atoms with Crippen LogP contribution in [0.2, 0.25) is 0 Å². The van der Waals surface area contributed by atoms with Crippen LogP contribution in [0.15, 0.2) is 28.5 Å². The van der Waals surface area contributed by atoms with Gasteiger partial charge in [0.2, 0.25) is 0 Å². The van der Waals surface area contributed by atoms with Crippen molar-refractivity contribution in [3.63, 3.8) is 0 Å². The first-order chi connectivity index (χ1) is 16.1. The van der Waals surface area contributed by atoms with E-state index in [1.165, 1.54) is 19.2 Å². The number of nitrogens with one attached hydrogen (secondary N) is 1. The highest BCUT2D eigenvalue weighted by molar-refractivity contribution is 7.99. The highest BCUT2D eigenvalue weighted by atomic mass is 32.2. The second-order valence-corrected chi connectivity index (χ2v) is 9.84. The summed E-state index contributed by atoms with van der Waals surface area (Å²) in [5.74, 6) is 2.59. The third kappa shape index (κ3) is 4.67. The van der Waals surface area contributed by atoms with Gasteiger partial charge in [0.15, 0.2) is 33.6 Å². The van der Waals surface area contributed by atoms with Gasteiger partial charge in [0, 0.05) is 43.2 Å². The average Bonchev–Trinajstić information content (AvgIpc) is 3.45. The minimum absolute atomic E-state index is 0.401. The molecule has 3 N–H and O–H groups in total. The second kappa shape index (κ2) is 9.64. The van der Waals surface area contributed by atoms with Gasteiger partial charge < -0.3 is 30.0 Å². The molecule has 9 nitrogen and oxygen atoms in total. The Morgan fingerprint density at radius 3 is 2.64 bits per heavy atom. The Labute approximate surface area is 198 Å². The smallest absolute Gasteiger partial charge is 0.175 e. The Morgan fingerprint density at radius 2 is 1.88 bits per heavy atom. The summed E-state index contributed by atoms with van der Waals surface area (Å²) in [7, 11) is 0. The number of aromatic nitrogens is 4. The topological polar surface area (TPSA) is 103 Å². The summed E-state index contributed by atoms with van der Waals surface area (Å²) in [6, 6.07) is 4.20. The molecule has 0 bridgehead atoms. The minimum Gasteiger partial charge on any atom is -0.486 e. The van der Waals surface area contributed by atoms with E-state index in [1.807, 2.05) is 0 Å². The lowest BCUT2D eigenvalue weighted by Crippen LogP contribution is -2.24. The molecule has 1 saturated heterocycles. The lowest BCUT2D eigenvalue weighted by Gasteiger charge is -2.25. The molecule has 33 heavy (non-hydrogen) atoms. The van der Waals surface area contributed by atoms with E-state index >= 15 is 0 Å². The van der Waals surface area contributed by atoms with Crippen molar-refractivity contribution in [3.05, 3.63) is 18.5 Å². The first-order valence-corrected chi connectivity index (χ1v) is 12.5. The molecular formula is C23H31N7O2S. The maximum absolute atomic E-state index is 6.15. The molecule has 0 amide bonds. The lowest BCUT2D eigenvalue weighted by molar-refractivity contribution is 0.171. The minimum atomic E-state index is 0.401. The largest absolute Gasteiger partial charge is 0.486 e. The zero-order chi connectivity index (χ0) is 22.8. The monoisotopic (exact) mass is 469 g/mol. The van der Waals surface area contributed by atoms with Gasteiger partial charge in [-0.05, 0) is 37.1 Å². The zero-order valence-corrected chi connectivity index (χ0v) is 20.0. The number of benzene rings is 1. The quantitative estimate of drug-likeness (QED) is 0.481.